The van der Waals surface area contributed by atoms with Crippen molar-refractivity contribution in [1.82, 2.24) is 24.6 Å². The highest BCUT2D eigenvalue weighted by Crippen LogP contribution is 2.21. The molecule has 3 aromatic rings. The summed E-state index contributed by atoms with van der Waals surface area (Å²) < 4.78 is 7.14. The van der Waals surface area contributed by atoms with Crippen LogP contribution in [0.3, 0.4) is 0 Å². The van der Waals surface area contributed by atoms with Gasteiger partial charge in [-0.25, -0.2) is 9.48 Å². The van der Waals surface area contributed by atoms with Crippen LogP contribution in [0.4, 0.5) is 10.7 Å². The van der Waals surface area contributed by atoms with Crippen LogP contribution in [0.2, 0.25) is 0 Å². The summed E-state index contributed by atoms with van der Waals surface area (Å²) in [5.41, 5.74) is 0.561. The number of fused-ring (bicyclic) bond motifs is 1. The number of hydrogen-bond acceptors (Lipinski definition) is 6. The van der Waals surface area contributed by atoms with Gasteiger partial charge < -0.3 is 14.5 Å². The lowest BCUT2D eigenvalue weighted by molar-refractivity contribution is 0.0218. The molecule has 0 spiro atoms. The second kappa shape index (κ2) is 7.47. The maximum Gasteiger partial charge on any atom is 0.410 e. The number of H-pyrrole nitrogens is 1. The van der Waals surface area contributed by atoms with Crippen molar-refractivity contribution in [3.8, 4) is 5.69 Å². The lowest BCUT2D eigenvalue weighted by Gasteiger charge is -2.40. The second-order valence-corrected chi connectivity index (χ2v) is 8.49. The summed E-state index contributed by atoms with van der Waals surface area (Å²) >= 11 is 0. The maximum absolute atomic E-state index is 12.7. The smallest absolute Gasteiger partial charge is 0.410 e. The zero-order valence-corrected chi connectivity index (χ0v) is 17.6. The number of piperazine rings is 1. The van der Waals surface area contributed by atoms with E-state index in [0.29, 0.717) is 36.6 Å². The van der Waals surface area contributed by atoms with E-state index in [1.807, 2.05) is 62.9 Å². The van der Waals surface area contributed by atoms with Crippen molar-refractivity contribution < 1.29 is 9.53 Å². The Labute approximate surface area is 174 Å². The first kappa shape index (κ1) is 19.9. The molecule has 9 nitrogen and oxygen atoms in total. The van der Waals surface area contributed by atoms with Crippen LogP contribution < -0.4 is 10.5 Å². The number of nitrogens with zero attached hydrogens (tertiary/aromatic N) is 5. The topological polar surface area (TPSA) is 96.3 Å². The molecule has 0 aliphatic carbocycles. The molecule has 1 fully saturated rings. The van der Waals surface area contributed by atoms with Gasteiger partial charge >= 0.3 is 6.09 Å². The van der Waals surface area contributed by atoms with Gasteiger partial charge in [-0.05, 0) is 39.8 Å². The van der Waals surface area contributed by atoms with Gasteiger partial charge in [0, 0.05) is 25.7 Å². The number of aromatic nitrogens is 4. The van der Waals surface area contributed by atoms with Crippen molar-refractivity contribution in [2.75, 3.05) is 24.5 Å². The fourth-order valence-corrected chi connectivity index (χ4v) is 3.57. The molecule has 1 atom stereocenters. The third-order valence-corrected chi connectivity index (χ3v) is 4.98. The molecule has 1 unspecified atom stereocenters. The van der Waals surface area contributed by atoms with Gasteiger partial charge in [0.15, 0.2) is 5.65 Å². The summed E-state index contributed by atoms with van der Waals surface area (Å²) in [6.45, 7) is 9.05. The van der Waals surface area contributed by atoms with E-state index in [0.717, 1.165) is 5.69 Å². The molecular weight excluding hydrogens is 384 g/mol. The summed E-state index contributed by atoms with van der Waals surface area (Å²) in [7, 11) is 0. The molecule has 4 rings (SSSR count). The SMILES string of the molecule is CC1CN(C(=O)OC(C)(C)C)CCN1c1nc2c(cnn2-c2ccccc2)c(=O)[nH]1. The Morgan fingerprint density at radius 2 is 1.93 bits per heavy atom. The van der Waals surface area contributed by atoms with E-state index in [9.17, 15) is 9.59 Å². The maximum atomic E-state index is 12.7. The number of para-hydroxylation sites is 1. The van der Waals surface area contributed by atoms with Gasteiger partial charge in [-0.15, -0.1) is 0 Å². The summed E-state index contributed by atoms with van der Waals surface area (Å²) in [6, 6.07) is 9.53. The van der Waals surface area contributed by atoms with Crippen LogP contribution in [0.15, 0.2) is 41.3 Å². The van der Waals surface area contributed by atoms with Crippen molar-refractivity contribution in [2.45, 2.75) is 39.3 Å². The minimum Gasteiger partial charge on any atom is -0.444 e. The Bertz CT molecular complexity index is 1120. The van der Waals surface area contributed by atoms with Gasteiger partial charge in [0.05, 0.1) is 11.9 Å². The number of carbonyl (C=O) groups excluding carboxylic acids is 1. The summed E-state index contributed by atoms with van der Waals surface area (Å²) in [6.07, 6.45) is 1.20. The molecule has 0 bridgehead atoms. The average molecular weight is 410 g/mol. The van der Waals surface area contributed by atoms with Crippen LogP contribution in [0.25, 0.3) is 16.7 Å². The van der Waals surface area contributed by atoms with Crippen molar-refractivity contribution in [3.63, 3.8) is 0 Å². The van der Waals surface area contributed by atoms with Gasteiger partial charge in [0.1, 0.15) is 11.0 Å². The van der Waals surface area contributed by atoms with E-state index in [2.05, 4.69) is 10.1 Å². The van der Waals surface area contributed by atoms with Crippen LogP contribution in [0.1, 0.15) is 27.7 Å². The number of nitrogens with one attached hydrogen (secondary N) is 1. The van der Waals surface area contributed by atoms with Crippen molar-refractivity contribution >= 4 is 23.1 Å². The van der Waals surface area contributed by atoms with Crippen molar-refractivity contribution in [1.29, 1.82) is 0 Å². The molecule has 0 radical (unpaired) electrons. The number of ether oxygens (including phenoxy) is 1. The monoisotopic (exact) mass is 410 g/mol. The van der Waals surface area contributed by atoms with Crippen LogP contribution in [0, 0.1) is 0 Å². The number of benzene rings is 1. The number of rotatable bonds is 2. The molecule has 158 valence electrons. The van der Waals surface area contributed by atoms with Crippen molar-refractivity contribution in [3.05, 3.63) is 46.9 Å². The third kappa shape index (κ3) is 3.87. The second-order valence-electron chi connectivity index (χ2n) is 8.49. The van der Waals surface area contributed by atoms with Crippen LogP contribution in [0.5, 0.6) is 0 Å². The number of carbonyl (C=O) groups is 1. The highest BCUT2D eigenvalue weighted by atomic mass is 16.6. The average Bonchev–Trinajstić information content (AvgIpc) is 3.12. The molecule has 1 aliphatic rings. The molecule has 9 heteroatoms. The predicted molar refractivity (Wildman–Crippen MR) is 114 cm³/mol. The molecule has 2 aromatic heterocycles. The van der Waals surface area contributed by atoms with Crippen LogP contribution >= 0.6 is 0 Å². The van der Waals surface area contributed by atoms with E-state index in [1.165, 1.54) is 6.20 Å². The lowest BCUT2D eigenvalue weighted by atomic mass is 10.2. The van der Waals surface area contributed by atoms with E-state index in [1.54, 1.807) is 9.58 Å². The van der Waals surface area contributed by atoms with E-state index >= 15 is 0 Å². The van der Waals surface area contributed by atoms with Gasteiger partial charge in [-0.3, -0.25) is 9.78 Å². The normalized spacial score (nSPS) is 17.4. The Morgan fingerprint density at radius 1 is 1.20 bits per heavy atom. The summed E-state index contributed by atoms with van der Waals surface area (Å²) in [5, 5.41) is 4.78. The molecule has 1 aliphatic heterocycles. The fourth-order valence-electron chi connectivity index (χ4n) is 3.57. The Hall–Kier alpha value is -3.36. The highest BCUT2D eigenvalue weighted by Gasteiger charge is 2.31. The van der Waals surface area contributed by atoms with Gasteiger partial charge in [-0.2, -0.15) is 10.1 Å². The minimum atomic E-state index is -0.537. The van der Waals surface area contributed by atoms with Crippen LogP contribution in [-0.2, 0) is 4.74 Å². The van der Waals surface area contributed by atoms with Crippen LogP contribution in [-0.4, -0.2) is 62.0 Å². The lowest BCUT2D eigenvalue weighted by Crippen LogP contribution is -2.55. The Morgan fingerprint density at radius 3 is 2.60 bits per heavy atom. The van der Waals surface area contributed by atoms with Gasteiger partial charge in [0.25, 0.3) is 5.56 Å². The molecule has 3 heterocycles. The first-order valence-corrected chi connectivity index (χ1v) is 10.0. The minimum absolute atomic E-state index is 0.0417. The predicted octanol–water partition coefficient (Wildman–Crippen LogP) is 2.55. The standard InChI is InChI=1S/C21H26N6O3/c1-14-13-25(20(29)30-21(2,3)4)10-11-26(14)19-23-17-16(18(28)24-19)12-22-27(17)15-8-6-5-7-9-15/h5-9,12,14H,10-11,13H2,1-4H3,(H,23,24,28). The summed E-state index contributed by atoms with van der Waals surface area (Å²) in [4.78, 5) is 36.3. The van der Waals surface area contributed by atoms with E-state index in [-0.39, 0.29) is 17.7 Å². The number of amides is 1. The molecule has 30 heavy (non-hydrogen) atoms. The molecule has 1 N–H and O–H groups in total. The molecule has 0 saturated carbocycles. The zero-order valence-electron chi connectivity index (χ0n) is 17.6. The number of hydrogen-bond donors (Lipinski definition) is 1. The Kier molecular flexibility index (Phi) is 4.97. The first-order chi connectivity index (χ1) is 14.2. The van der Waals surface area contributed by atoms with E-state index < -0.39 is 5.60 Å². The van der Waals surface area contributed by atoms with Gasteiger partial charge in [-0.1, -0.05) is 18.2 Å². The molecular formula is C21H26N6O3. The zero-order chi connectivity index (χ0) is 21.5. The van der Waals surface area contributed by atoms with Gasteiger partial charge in [0.2, 0.25) is 5.95 Å². The third-order valence-electron chi connectivity index (χ3n) is 4.98. The molecule has 1 amide bonds. The number of anilines is 1. The Balaban J connectivity index is 1.61. The summed E-state index contributed by atoms with van der Waals surface area (Å²) in [5.74, 6) is 0.474. The van der Waals surface area contributed by atoms with Crippen molar-refractivity contribution in [2.24, 2.45) is 0 Å². The largest absolute Gasteiger partial charge is 0.444 e. The first-order valence-electron chi connectivity index (χ1n) is 10.0. The fraction of sp³-hybridized carbons (Fsp3) is 0.429. The highest BCUT2D eigenvalue weighted by molar-refractivity contribution is 5.76. The molecule has 1 aromatic carbocycles. The quantitative estimate of drug-likeness (QED) is 0.698. The van der Waals surface area contributed by atoms with E-state index in [4.69, 9.17) is 9.72 Å². The number of aromatic amines is 1. The molecule has 1 saturated heterocycles.